The van der Waals surface area contributed by atoms with Crippen molar-refractivity contribution in [2.45, 2.75) is 32.9 Å². The summed E-state index contributed by atoms with van der Waals surface area (Å²) in [7, 11) is 0. The number of hydrogen-bond acceptors (Lipinski definition) is 4. The van der Waals surface area contributed by atoms with Crippen LogP contribution in [0.2, 0.25) is 0 Å². The predicted molar refractivity (Wildman–Crippen MR) is 54.6 cm³/mol. The number of nitrogens with two attached hydrogens (primary N) is 1. The van der Waals surface area contributed by atoms with E-state index in [4.69, 9.17) is 15.0 Å². The number of nitrogens with one attached hydrogen (secondary N) is 1. The lowest BCUT2D eigenvalue weighted by Gasteiger charge is -2.16. The van der Waals surface area contributed by atoms with Crippen LogP contribution in [0.3, 0.4) is 0 Å². The van der Waals surface area contributed by atoms with Crippen LogP contribution in [0.25, 0.3) is 0 Å². The molecule has 4 nitrogen and oxygen atoms in total. The summed E-state index contributed by atoms with van der Waals surface area (Å²) < 4.78 is 10.7. The minimum Gasteiger partial charge on any atom is -0.469 e. The van der Waals surface area contributed by atoms with Crippen LogP contribution < -0.4 is 11.3 Å². The highest BCUT2D eigenvalue weighted by atomic mass is 16.5. The van der Waals surface area contributed by atoms with Crippen molar-refractivity contribution >= 4 is 0 Å². The maximum atomic E-state index is 5.47. The van der Waals surface area contributed by atoms with Crippen LogP contribution in [0.1, 0.15) is 31.2 Å². The minimum absolute atomic E-state index is 0.00477. The van der Waals surface area contributed by atoms with Gasteiger partial charge in [-0.15, -0.1) is 0 Å². The average molecular weight is 198 g/mol. The monoisotopic (exact) mass is 198 g/mol. The van der Waals surface area contributed by atoms with Crippen molar-refractivity contribution in [3.05, 3.63) is 23.7 Å². The fourth-order valence-electron chi connectivity index (χ4n) is 1.18. The summed E-state index contributed by atoms with van der Waals surface area (Å²) in [5.74, 6) is 6.31. The summed E-state index contributed by atoms with van der Waals surface area (Å²) >= 11 is 0. The molecular weight excluding hydrogens is 180 g/mol. The van der Waals surface area contributed by atoms with Crippen LogP contribution in [-0.2, 0) is 4.74 Å². The fraction of sp³-hybridized carbons (Fsp3) is 0.600. The molecule has 0 saturated heterocycles. The summed E-state index contributed by atoms with van der Waals surface area (Å²) in [6.45, 7) is 6.44. The number of hydrogen-bond donors (Lipinski definition) is 2. The van der Waals surface area contributed by atoms with E-state index in [0.717, 1.165) is 11.3 Å². The largest absolute Gasteiger partial charge is 0.469 e. The molecule has 0 aromatic carbocycles. The highest BCUT2D eigenvalue weighted by Gasteiger charge is 2.12. The van der Waals surface area contributed by atoms with Crippen molar-refractivity contribution < 1.29 is 9.15 Å². The number of furan rings is 1. The molecule has 1 unspecified atom stereocenters. The highest BCUT2D eigenvalue weighted by molar-refractivity contribution is 5.16. The molecule has 1 aromatic rings. The van der Waals surface area contributed by atoms with Crippen molar-refractivity contribution in [3.8, 4) is 0 Å². The van der Waals surface area contributed by atoms with E-state index in [-0.39, 0.29) is 12.1 Å². The average Bonchev–Trinajstić information content (AvgIpc) is 2.53. The van der Waals surface area contributed by atoms with E-state index in [9.17, 15) is 0 Å². The second kappa shape index (κ2) is 5.14. The molecule has 0 spiro atoms. The van der Waals surface area contributed by atoms with Gasteiger partial charge in [0.25, 0.3) is 0 Å². The molecule has 0 saturated carbocycles. The van der Waals surface area contributed by atoms with Crippen molar-refractivity contribution in [1.82, 2.24) is 5.43 Å². The summed E-state index contributed by atoms with van der Waals surface area (Å²) in [5.41, 5.74) is 3.72. The lowest BCUT2D eigenvalue weighted by atomic mass is 10.1. The molecule has 14 heavy (non-hydrogen) atoms. The zero-order valence-corrected chi connectivity index (χ0v) is 8.91. The molecule has 0 aliphatic rings. The topological polar surface area (TPSA) is 60.4 Å². The lowest BCUT2D eigenvalue weighted by molar-refractivity contribution is 0.0610. The Bertz CT molecular complexity index is 271. The highest BCUT2D eigenvalue weighted by Crippen LogP contribution is 2.16. The van der Waals surface area contributed by atoms with E-state index in [1.165, 1.54) is 0 Å². The van der Waals surface area contributed by atoms with Gasteiger partial charge < -0.3 is 9.15 Å². The van der Waals surface area contributed by atoms with Crippen LogP contribution in [0, 0.1) is 6.92 Å². The van der Waals surface area contributed by atoms with Gasteiger partial charge in [-0.2, -0.15) is 0 Å². The van der Waals surface area contributed by atoms with Gasteiger partial charge in [0.05, 0.1) is 25.0 Å². The third-order valence-corrected chi connectivity index (χ3v) is 1.95. The predicted octanol–water partition coefficient (Wildman–Crippen LogP) is 1.52. The molecule has 0 radical (unpaired) electrons. The second-order valence-electron chi connectivity index (χ2n) is 3.59. The van der Waals surface area contributed by atoms with Crippen LogP contribution in [-0.4, -0.2) is 12.7 Å². The molecule has 80 valence electrons. The van der Waals surface area contributed by atoms with Crippen molar-refractivity contribution in [2.24, 2.45) is 5.84 Å². The lowest BCUT2D eigenvalue weighted by Crippen LogP contribution is -2.31. The summed E-state index contributed by atoms with van der Waals surface area (Å²) in [6, 6.07) is 1.95. The molecule has 0 amide bonds. The standard InChI is InChI=1S/C10H18N2O2/c1-7(2)13-6-10(12-11)9-4-8(3)14-5-9/h4-5,7,10,12H,6,11H2,1-3H3. The smallest absolute Gasteiger partial charge is 0.101 e. The van der Waals surface area contributed by atoms with Crippen molar-refractivity contribution in [1.29, 1.82) is 0 Å². The van der Waals surface area contributed by atoms with Crippen LogP contribution >= 0.6 is 0 Å². The first-order chi connectivity index (χ1) is 6.63. The SMILES string of the molecule is Cc1cc(C(COC(C)C)NN)co1. The fourth-order valence-corrected chi connectivity index (χ4v) is 1.18. The third kappa shape index (κ3) is 3.14. The molecular formula is C10H18N2O2. The second-order valence-corrected chi connectivity index (χ2v) is 3.59. The van der Waals surface area contributed by atoms with E-state index < -0.39 is 0 Å². The van der Waals surface area contributed by atoms with Crippen LogP contribution in [0.5, 0.6) is 0 Å². The molecule has 0 aliphatic carbocycles. The first-order valence-corrected chi connectivity index (χ1v) is 4.76. The van der Waals surface area contributed by atoms with Gasteiger partial charge in [0.1, 0.15) is 5.76 Å². The van der Waals surface area contributed by atoms with E-state index in [0.29, 0.717) is 6.61 Å². The zero-order valence-electron chi connectivity index (χ0n) is 8.91. The Balaban J connectivity index is 2.54. The first kappa shape index (κ1) is 11.2. The molecule has 3 N–H and O–H groups in total. The molecule has 1 rings (SSSR count). The number of hydrazine groups is 1. The summed E-state index contributed by atoms with van der Waals surface area (Å²) in [5, 5.41) is 0. The molecule has 0 fully saturated rings. The van der Waals surface area contributed by atoms with Crippen LogP contribution in [0.4, 0.5) is 0 Å². The quantitative estimate of drug-likeness (QED) is 0.556. The Morgan fingerprint density at radius 2 is 2.29 bits per heavy atom. The Labute approximate surface area is 84.4 Å². The molecule has 1 aromatic heterocycles. The van der Waals surface area contributed by atoms with E-state index in [2.05, 4.69) is 5.43 Å². The number of aryl methyl sites for hydroxylation is 1. The van der Waals surface area contributed by atoms with Gasteiger partial charge in [-0.3, -0.25) is 11.3 Å². The van der Waals surface area contributed by atoms with Gasteiger partial charge in [0.15, 0.2) is 0 Å². The molecule has 1 atom stereocenters. The third-order valence-electron chi connectivity index (χ3n) is 1.95. The first-order valence-electron chi connectivity index (χ1n) is 4.76. The van der Waals surface area contributed by atoms with Crippen molar-refractivity contribution in [3.63, 3.8) is 0 Å². The summed E-state index contributed by atoms with van der Waals surface area (Å²) in [6.07, 6.45) is 1.91. The maximum absolute atomic E-state index is 5.47. The minimum atomic E-state index is -0.00477. The zero-order chi connectivity index (χ0) is 10.6. The number of ether oxygens (including phenoxy) is 1. The summed E-state index contributed by atoms with van der Waals surface area (Å²) in [4.78, 5) is 0. The molecule has 1 heterocycles. The van der Waals surface area contributed by atoms with Gasteiger partial charge in [-0.05, 0) is 26.8 Å². The van der Waals surface area contributed by atoms with Gasteiger partial charge in [-0.25, -0.2) is 0 Å². The molecule has 0 bridgehead atoms. The number of rotatable bonds is 5. The van der Waals surface area contributed by atoms with Crippen LogP contribution in [0.15, 0.2) is 16.7 Å². The Kier molecular flexibility index (Phi) is 4.13. The van der Waals surface area contributed by atoms with Gasteiger partial charge in [0, 0.05) is 5.56 Å². The van der Waals surface area contributed by atoms with E-state index in [1.54, 1.807) is 6.26 Å². The Hall–Kier alpha value is -0.840. The normalized spacial score (nSPS) is 13.5. The molecule has 4 heteroatoms. The Morgan fingerprint density at radius 1 is 1.57 bits per heavy atom. The Morgan fingerprint density at radius 3 is 2.71 bits per heavy atom. The van der Waals surface area contributed by atoms with Gasteiger partial charge in [0.2, 0.25) is 0 Å². The van der Waals surface area contributed by atoms with Crippen molar-refractivity contribution in [2.75, 3.05) is 6.61 Å². The van der Waals surface area contributed by atoms with Gasteiger partial charge in [-0.1, -0.05) is 0 Å². The molecule has 0 aliphatic heterocycles. The van der Waals surface area contributed by atoms with Gasteiger partial charge >= 0.3 is 0 Å². The van der Waals surface area contributed by atoms with E-state index >= 15 is 0 Å². The van der Waals surface area contributed by atoms with E-state index in [1.807, 2.05) is 26.8 Å². The maximum Gasteiger partial charge on any atom is 0.101 e.